The van der Waals surface area contributed by atoms with Crippen molar-refractivity contribution in [3.05, 3.63) is 35.4 Å². The molecule has 0 spiro atoms. The first-order valence-electron chi connectivity index (χ1n) is 9.97. The van der Waals surface area contributed by atoms with Gasteiger partial charge in [0.1, 0.15) is 0 Å². The molecule has 138 valence electrons. The molecule has 1 aliphatic carbocycles. The van der Waals surface area contributed by atoms with E-state index in [1.165, 1.54) is 32.2 Å². The van der Waals surface area contributed by atoms with E-state index in [0.29, 0.717) is 19.1 Å². The summed E-state index contributed by atoms with van der Waals surface area (Å²) in [4.78, 5) is 16.7. The number of esters is 1. The van der Waals surface area contributed by atoms with Crippen LogP contribution < -0.4 is 0 Å². The second-order valence-corrected chi connectivity index (χ2v) is 7.25. The number of benzene rings is 1. The first-order valence-corrected chi connectivity index (χ1v) is 9.97. The number of fused-ring (bicyclic) bond motifs is 1. The van der Waals surface area contributed by atoms with Crippen LogP contribution >= 0.6 is 0 Å². The van der Waals surface area contributed by atoms with Gasteiger partial charge in [-0.15, -0.1) is 0 Å². The fraction of sp³-hybridized carbons (Fsp3) is 0.667. The van der Waals surface area contributed by atoms with Crippen LogP contribution in [0, 0.1) is 0 Å². The van der Waals surface area contributed by atoms with E-state index in [1.54, 1.807) is 11.1 Å². The fourth-order valence-corrected chi connectivity index (χ4v) is 4.31. The van der Waals surface area contributed by atoms with Gasteiger partial charge in [-0.3, -0.25) is 9.69 Å². The van der Waals surface area contributed by atoms with E-state index >= 15 is 0 Å². The molecular formula is C21H32N2O2. The average Bonchev–Trinajstić information content (AvgIpc) is 2.87. The van der Waals surface area contributed by atoms with E-state index in [4.69, 9.17) is 4.74 Å². The number of nitrogens with zero attached hydrogens (tertiary/aromatic N) is 2. The molecule has 25 heavy (non-hydrogen) atoms. The Labute approximate surface area is 152 Å². The molecule has 1 atom stereocenters. The first-order chi connectivity index (χ1) is 12.3. The van der Waals surface area contributed by atoms with Crippen LogP contribution in [0.1, 0.15) is 56.2 Å². The van der Waals surface area contributed by atoms with Gasteiger partial charge in [-0.05, 0) is 63.2 Å². The van der Waals surface area contributed by atoms with Gasteiger partial charge in [0.2, 0.25) is 0 Å². The van der Waals surface area contributed by atoms with Crippen LogP contribution in [0.5, 0.6) is 0 Å². The van der Waals surface area contributed by atoms with Crippen molar-refractivity contribution in [3.63, 3.8) is 0 Å². The minimum absolute atomic E-state index is 0.0576. The zero-order chi connectivity index (χ0) is 17.5. The molecule has 4 heteroatoms. The van der Waals surface area contributed by atoms with E-state index < -0.39 is 0 Å². The smallest absolute Gasteiger partial charge is 0.305 e. The average molecular weight is 344 g/mol. The fourth-order valence-electron chi connectivity index (χ4n) is 4.31. The van der Waals surface area contributed by atoms with Crippen molar-refractivity contribution in [2.75, 3.05) is 39.3 Å². The van der Waals surface area contributed by atoms with Gasteiger partial charge < -0.3 is 9.64 Å². The number of hydrogen-bond donors (Lipinski definition) is 0. The summed E-state index contributed by atoms with van der Waals surface area (Å²) in [7, 11) is 0. The van der Waals surface area contributed by atoms with Gasteiger partial charge in [-0.2, -0.15) is 0 Å². The van der Waals surface area contributed by atoms with Crippen molar-refractivity contribution in [2.45, 2.75) is 51.5 Å². The van der Waals surface area contributed by atoms with E-state index in [0.717, 1.165) is 32.6 Å². The van der Waals surface area contributed by atoms with E-state index in [-0.39, 0.29) is 5.97 Å². The van der Waals surface area contributed by atoms with Crippen LogP contribution in [-0.2, 0) is 16.0 Å². The Bertz CT molecular complexity index is 561. The van der Waals surface area contributed by atoms with Gasteiger partial charge >= 0.3 is 5.97 Å². The highest BCUT2D eigenvalue weighted by Gasteiger charge is 2.27. The summed E-state index contributed by atoms with van der Waals surface area (Å²) < 4.78 is 5.02. The number of carbonyl (C=O) groups is 1. The van der Waals surface area contributed by atoms with E-state index in [1.807, 2.05) is 6.92 Å². The maximum atomic E-state index is 11.5. The minimum atomic E-state index is -0.0576. The number of carbonyl (C=O) groups excluding carboxylic acids is 1. The van der Waals surface area contributed by atoms with E-state index in [9.17, 15) is 4.79 Å². The predicted octanol–water partition coefficient (Wildman–Crippen LogP) is 3.42. The van der Waals surface area contributed by atoms with Crippen molar-refractivity contribution in [1.29, 1.82) is 0 Å². The van der Waals surface area contributed by atoms with Crippen LogP contribution in [0.4, 0.5) is 0 Å². The number of rotatable bonds is 6. The molecule has 0 aromatic heterocycles. The number of hydrogen-bond acceptors (Lipinski definition) is 4. The summed E-state index contributed by atoms with van der Waals surface area (Å²) in [5.41, 5.74) is 3.11. The Hall–Kier alpha value is -1.39. The van der Waals surface area contributed by atoms with Gasteiger partial charge in [-0.1, -0.05) is 24.3 Å². The Kier molecular flexibility index (Phi) is 6.88. The highest BCUT2D eigenvalue weighted by molar-refractivity contribution is 5.69. The molecule has 0 bridgehead atoms. The molecule has 4 nitrogen and oxygen atoms in total. The van der Waals surface area contributed by atoms with Gasteiger partial charge in [0, 0.05) is 32.1 Å². The topological polar surface area (TPSA) is 32.8 Å². The van der Waals surface area contributed by atoms with Gasteiger partial charge in [-0.25, -0.2) is 0 Å². The lowest BCUT2D eigenvalue weighted by Crippen LogP contribution is -2.35. The molecule has 0 saturated carbocycles. The van der Waals surface area contributed by atoms with Crippen molar-refractivity contribution in [3.8, 4) is 0 Å². The molecule has 1 aliphatic heterocycles. The maximum Gasteiger partial charge on any atom is 0.305 e. The Morgan fingerprint density at radius 2 is 2.04 bits per heavy atom. The molecule has 1 aromatic rings. The molecule has 1 aromatic carbocycles. The zero-order valence-corrected chi connectivity index (χ0v) is 15.6. The highest BCUT2D eigenvalue weighted by Crippen LogP contribution is 2.34. The standard InChI is InChI=1S/C21H32N2O2/c1-2-25-21(24)12-6-13-22-14-7-15-23(17-16-22)20-11-5-9-18-8-3-4-10-19(18)20/h3-4,8,10,20H,2,5-7,9,11-17H2,1H3. The molecule has 0 radical (unpaired) electrons. The first kappa shape index (κ1) is 18.4. The monoisotopic (exact) mass is 344 g/mol. The third kappa shape index (κ3) is 5.05. The molecular weight excluding hydrogens is 312 g/mol. The summed E-state index contributed by atoms with van der Waals surface area (Å²) in [6.45, 7) is 7.94. The molecule has 2 aliphatic rings. The molecule has 1 saturated heterocycles. The highest BCUT2D eigenvalue weighted by atomic mass is 16.5. The third-order valence-electron chi connectivity index (χ3n) is 5.56. The van der Waals surface area contributed by atoms with Crippen LogP contribution in [0.3, 0.4) is 0 Å². The quantitative estimate of drug-likeness (QED) is 0.741. The number of ether oxygens (including phenoxy) is 1. The summed E-state index contributed by atoms with van der Waals surface area (Å²) in [6.07, 6.45) is 6.51. The maximum absolute atomic E-state index is 11.5. The summed E-state index contributed by atoms with van der Waals surface area (Å²) >= 11 is 0. The molecule has 3 rings (SSSR count). The second kappa shape index (κ2) is 9.35. The Morgan fingerprint density at radius 3 is 2.92 bits per heavy atom. The zero-order valence-electron chi connectivity index (χ0n) is 15.6. The SMILES string of the molecule is CCOC(=O)CCCN1CCCN(C2CCCc3ccccc32)CC1. The predicted molar refractivity (Wildman–Crippen MR) is 101 cm³/mol. The van der Waals surface area contributed by atoms with Gasteiger partial charge in [0.25, 0.3) is 0 Å². The van der Waals surface area contributed by atoms with Crippen molar-refractivity contribution < 1.29 is 9.53 Å². The van der Waals surface area contributed by atoms with Crippen LogP contribution in [0.15, 0.2) is 24.3 Å². The normalized spacial score (nSPS) is 22.2. The van der Waals surface area contributed by atoms with Gasteiger partial charge in [0.05, 0.1) is 6.61 Å². The third-order valence-corrected chi connectivity index (χ3v) is 5.56. The molecule has 1 heterocycles. The van der Waals surface area contributed by atoms with Crippen molar-refractivity contribution in [2.24, 2.45) is 0 Å². The summed E-state index contributed by atoms with van der Waals surface area (Å²) in [5, 5.41) is 0. The molecule has 0 N–H and O–H groups in total. The Morgan fingerprint density at radius 1 is 1.16 bits per heavy atom. The lowest BCUT2D eigenvalue weighted by molar-refractivity contribution is -0.143. The van der Waals surface area contributed by atoms with Crippen LogP contribution in [0.25, 0.3) is 0 Å². The van der Waals surface area contributed by atoms with Crippen LogP contribution in [-0.4, -0.2) is 55.1 Å². The summed E-state index contributed by atoms with van der Waals surface area (Å²) in [6, 6.07) is 9.61. The Balaban J connectivity index is 1.50. The molecule has 1 fully saturated rings. The lowest BCUT2D eigenvalue weighted by Gasteiger charge is -2.35. The number of aryl methyl sites for hydroxylation is 1. The van der Waals surface area contributed by atoms with Crippen LogP contribution in [0.2, 0.25) is 0 Å². The largest absolute Gasteiger partial charge is 0.466 e. The summed E-state index contributed by atoms with van der Waals surface area (Å²) in [5.74, 6) is -0.0576. The van der Waals surface area contributed by atoms with Crippen molar-refractivity contribution in [1.82, 2.24) is 9.80 Å². The minimum Gasteiger partial charge on any atom is -0.466 e. The second-order valence-electron chi connectivity index (χ2n) is 7.25. The lowest BCUT2D eigenvalue weighted by atomic mass is 9.87. The van der Waals surface area contributed by atoms with Crippen molar-refractivity contribution >= 4 is 5.97 Å². The molecule has 1 unspecified atom stereocenters. The molecule has 0 amide bonds. The van der Waals surface area contributed by atoms with Gasteiger partial charge in [0.15, 0.2) is 0 Å². The van der Waals surface area contributed by atoms with E-state index in [2.05, 4.69) is 34.1 Å².